The van der Waals surface area contributed by atoms with Crippen LogP contribution in [0.2, 0.25) is 0 Å². The Hall–Kier alpha value is -2.39. The summed E-state index contributed by atoms with van der Waals surface area (Å²) in [7, 11) is -1.91. The van der Waals surface area contributed by atoms with Gasteiger partial charge in [-0.3, -0.25) is 4.68 Å². The van der Waals surface area contributed by atoms with E-state index in [9.17, 15) is 13.2 Å². The Morgan fingerprint density at radius 3 is 2.56 bits per heavy atom. The highest BCUT2D eigenvalue weighted by Crippen LogP contribution is 2.18. The fourth-order valence-electron chi connectivity index (χ4n) is 3.04. The molecule has 1 N–H and O–H groups in total. The summed E-state index contributed by atoms with van der Waals surface area (Å²) in [6.45, 7) is 5.51. The van der Waals surface area contributed by atoms with E-state index in [2.05, 4.69) is 10.4 Å². The predicted octanol–water partition coefficient (Wildman–Crippen LogP) is 1.97. The average Bonchev–Trinajstić information content (AvgIpc) is 2.91. The van der Waals surface area contributed by atoms with Crippen molar-refractivity contribution in [3.8, 4) is 0 Å². The second-order valence-electron chi connectivity index (χ2n) is 6.82. The molecule has 1 saturated heterocycles. The molecule has 9 heteroatoms. The molecule has 1 aliphatic rings. The van der Waals surface area contributed by atoms with Gasteiger partial charge in [0.25, 0.3) is 0 Å². The van der Waals surface area contributed by atoms with Crippen molar-refractivity contribution in [1.29, 1.82) is 0 Å². The number of urea groups is 1. The number of nitrogens with one attached hydrogen (secondary N) is 1. The lowest BCUT2D eigenvalue weighted by Gasteiger charge is -2.22. The van der Waals surface area contributed by atoms with Crippen LogP contribution in [0.1, 0.15) is 17.5 Å². The molecule has 1 aromatic heterocycles. The number of hydrogen-bond acceptors (Lipinski definition) is 4. The lowest BCUT2D eigenvalue weighted by Crippen LogP contribution is -2.39. The van der Waals surface area contributed by atoms with Crippen molar-refractivity contribution in [3.05, 3.63) is 41.7 Å². The number of nitrogens with zero attached hydrogens (tertiary/aromatic N) is 4. The molecule has 8 nitrogen and oxygen atoms in total. The Kier molecular flexibility index (Phi) is 5.52. The molecule has 146 valence electrons. The maximum absolute atomic E-state index is 12.7. The molecule has 1 fully saturated rings. The summed E-state index contributed by atoms with van der Waals surface area (Å²) in [5.41, 5.74) is 3.02. The SMILES string of the molecule is Cc1ccc(NC(=O)N2CCCN(S(=O)(=O)c3cnn(C)c3)CC2)cc1C. The van der Waals surface area contributed by atoms with Crippen molar-refractivity contribution >= 4 is 21.7 Å². The Morgan fingerprint density at radius 1 is 1.11 bits per heavy atom. The largest absolute Gasteiger partial charge is 0.323 e. The molecule has 1 aromatic carbocycles. The Labute approximate surface area is 159 Å². The maximum atomic E-state index is 12.7. The van der Waals surface area contributed by atoms with Gasteiger partial charge in [-0.1, -0.05) is 6.07 Å². The Balaban J connectivity index is 1.65. The van der Waals surface area contributed by atoms with E-state index in [1.54, 1.807) is 11.9 Å². The van der Waals surface area contributed by atoms with E-state index < -0.39 is 10.0 Å². The molecule has 0 bridgehead atoms. The van der Waals surface area contributed by atoms with Crippen LogP contribution in [-0.2, 0) is 17.1 Å². The highest BCUT2D eigenvalue weighted by molar-refractivity contribution is 7.89. The molecular weight excluding hydrogens is 366 g/mol. The van der Waals surface area contributed by atoms with Crippen molar-refractivity contribution in [2.24, 2.45) is 7.05 Å². The predicted molar refractivity (Wildman–Crippen MR) is 103 cm³/mol. The van der Waals surface area contributed by atoms with Gasteiger partial charge in [0.15, 0.2) is 0 Å². The number of benzene rings is 1. The molecular formula is C18H25N5O3S. The van der Waals surface area contributed by atoms with Gasteiger partial charge in [-0.25, -0.2) is 13.2 Å². The van der Waals surface area contributed by atoms with Crippen LogP contribution in [0.5, 0.6) is 0 Å². The third-order valence-electron chi connectivity index (χ3n) is 4.82. The minimum atomic E-state index is -3.59. The van der Waals surface area contributed by atoms with Crippen LogP contribution in [-0.4, -0.2) is 59.6 Å². The summed E-state index contributed by atoms with van der Waals surface area (Å²) in [6.07, 6.45) is 3.43. The summed E-state index contributed by atoms with van der Waals surface area (Å²) in [5.74, 6) is 0. The highest BCUT2D eigenvalue weighted by Gasteiger charge is 2.29. The third kappa shape index (κ3) is 4.30. The number of rotatable bonds is 3. The van der Waals surface area contributed by atoms with Gasteiger partial charge in [0.2, 0.25) is 10.0 Å². The van der Waals surface area contributed by atoms with E-state index in [4.69, 9.17) is 0 Å². The smallest absolute Gasteiger partial charge is 0.321 e. The highest BCUT2D eigenvalue weighted by atomic mass is 32.2. The van der Waals surface area contributed by atoms with Gasteiger partial charge < -0.3 is 10.2 Å². The number of carbonyl (C=O) groups excluding carboxylic acids is 1. The maximum Gasteiger partial charge on any atom is 0.321 e. The molecule has 2 amide bonds. The first-order chi connectivity index (χ1) is 12.8. The van der Waals surface area contributed by atoms with Gasteiger partial charge in [-0.2, -0.15) is 9.40 Å². The van der Waals surface area contributed by atoms with Crippen LogP contribution < -0.4 is 5.32 Å². The van der Waals surface area contributed by atoms with Crippen LogP contribution in [0.25, 0.3) is 0 Å². The monoisotopic (exact) mass is 391 g/mol. The molecule has 0 aliphatic carbocycles. The second-order valence-corrected chi connectivity index (χ2v) is 8.76. The number of aromatic nitrogens is 2. The molecule has 0 radical (unpaired) electrons. The molecule has 1 aliphatic heterocycles. The number of aryl methyl sites for hydroxylation is 3. The quantitative estimate of drug-likeness (QED) is 0.866. The lowest BCUT2D eigenvalue weighted by molar-refractivity contribution is 0.214. The van der Waals surface area contributed by atoms with Crippen LogP contribution in [0.4, 0.5) is 10.5 Å². The number of anilines is 1. The standard InChI is InChI=1S/C18H25N5O3S/c1-14-5-6-16(11-15(14)2)20-18(24)22-7-4-8-23(10-9-22)27(25,26)17-12-19-21(3)13-17/h5-6,11-13H,4,7-10H2,1-3H3,(H,20,24). The lowest BCUT2D eigenvalue weighted by atomic mass is 10.1. The van der Waals surface area contributed by atoms with Crippen LogP contribution in [0, 0.1) is 13.8 Å². The number of carbonyl (C=O) groups is 1. The van der Waals surface area contributed by atoms with E-state index >= 15 is 0 Å². The first-order valence-electron chi connectivity index (χ1n) is 8.89. The minimum Gasteiger partial charge on any atom is -0.323 e. The van der Waals surface area contributed by atoms with Crippen molar-refractivity contribution in [3.63, 3.8) is 0 Å². The van der Waals surface area contributed by atoms with Crippen molar-refractivity contribution < 1.29 is 13.2 Å². The topological polar surface area (TPSA) is 87.5 Å². The minimum absolute atomic E-state index is 0.179. The summed E-state index contributed by atoms with van der Waals surface area (Å²) in [5, 5.41) is 6.84. The van der Waals surface area contributed by atoms with Crippen LogP contribution in [0.15, 0.2) is 35.5 Å². The zero-order chi connectivity index (χ0) is 19.6. The Morgan fingerprint density at radius 2 is 1.89 bits per heavy atom. The van der Waals surface area contributed by atoms with E-state index in [1.165, 1.54) is 26.9 Å². The number of hydrogen-bond donors (Lipinski definition) is 1. The normalized spacial score (nSPS) is 16.2. The molecule has 2 heterocycles. The third-order valence-corrected chi connectivity index (χ3v) is 6.67. The molecule has 0 atom stereocenters. The van der Waals surface area contributed by atoms with Crippen molar-refractivity contribution in [2.75, 3.05) is 31.5 Å². The van der Waals surface area contributed by atoms with Gasteiger partial charge in [-0.15, -0.1) is 0 Å². The van der Waals surface area contributed by atoms with Crippen LogP contribution in [0.3, 0.4) is 0 Å². The average molecular weight is 391 g/mol. The fraction of sp³-hybridized carbons (Fsp3) is 0.444. The van der Waals surface area contributed by atoms with Gasteiger partial charge in [0.05, 0.1) is 6.20 Å². The molecule has 27 heavy (non-hydrogen) atoms. The summed E-state index contributed by atoms with van der Waals surface area (Å²) >= 11 is 0. The number of amides is 2. The Bertz CT molecular complexity index is 938. The molecule has 0 spiro atoms. The summed E-state index contributed by atoms with van der Waals surface area (Å²) in [4.78, 5) is 14.4. The second kappa shape index (κ2) is 7.69. The van der Waals surface area contributed by atoms with Crippen LogP contribution >= 0.6 is 0 Å². The first kappa shape index (κ1) is 19.4. The van der Waals surface area contributed by atoms with Gasteiger partial charge in [0, 0.05) is 45.1 Å². The zero-order valence-corrected chi connectivity index (χ0v) is 16.7. The van der Waals surface area contributed by atoms with E-state index in [0.717, 1.165) is 11.3 Å². The van der Waals surface area contributed by atoms with Crippen molar-refractivity contribution in [2.45, 2.75) is 25.2 Å². The van der Waals surface area contributed by atoms with E-state index in [-0.39, 0.29) is 17.5 Å². The summed E-state index contributed by atoms with van der Waals surface area (Å²) < 4.78 is 28.4. The van der Waals surface area contributed by atoms with E-state index in [1.807, 2.05) is 32.0 Å². The van der Waals surface area contributed by atoms with Gasteiger partial charge in [0.1, 0.15) is 4.90 Å². The number of sulfonamides is 1. The zero-order valence-electron chi connectivity index (χ0n) is 15.8. The molecule has 0 unspecified atom stereocenters. The van der Waals surface area contributed by atoms with Gasteiger partial charge in [-0.05, 0) is 43.5 Å². The molecule has 2 aromatic rings. The van der Waals surface area contributed by atoms with Gasteiger partial charge >= 0.3 is 6.03 Å². The van der Waals surface area contributed by atoms with Crippen molar-refractivity contribution in [1.82, 2.24) is 19.0 Å². The molecule has 0 saturated carbocycles. The first-order valence-corrected chi connectivity index (χ1v) is 10.3. The molecule has 3 rings (SSSR count). The fourth-order valence-corrected chi connectivity index (χ4v) is 4.50. The van der Waals surface area contributed by atoms with E-state index in [0.29, 0.717) is 26.1 Å². The summed E-state index contributed by atoms with van der Waals surface area (Å²) in [6, 6.07) is 5.57.